The Morgan fingerprint density at radius 2 is 2.18 bits per heavy atom. The average molecular weight is 240 g/mol. The Labute approximate surface area is 99.0 Å². The molecular weight excluding hydrogens is 224 g/mol. The zero-order valence-corrected chi connectivity index (χ0v) is 9.35. The van der Waals surface area contributed by atoms with E-state index in [1.807, 2.05) is 0 Å². The second-order valence-corrected chi connectivity index (χ2v) is 3.36. The summed E-state index contributed by atoms with van der Waals surface area (Å²) >= 11 is 0. The number of aliphatic hydroxyl groups is 1. The molecule has 0 bridgehead atoms. The van der Waals surface area contributed by atoms with Gasteiger partial charge in [-0.15, -0.1) is 0 Å². The number of nitrogen functional groups attached to an aromatic ring is 1. The molecule has 1 amide bonds. The highest BCUT2D eigenvalue weighted by Gasteiger charge is 2.09. The highest BCUT2D eigenvalue weighted by atomic mass is 16.5. The number of phenolic OH excluding ortho intramolecular Hbond substituents is 1. The van der Waals surface area contributed by atoms with Crippen molar-refractivity contribution in [3.8, 4) is 5.75 Å². The van der Waals surface area contributed by atoms with Gasteiger partial charge in [-0.05, 0) is 18.2 Å². The third kappa shape index (κ3) is 4.29. The van der Waals surface area contributed by atoms with E-state index < -0.39 is 0 Å². The number of carbonyl (C=O) groups excluding carboxylic acids is 1. The summed E-state index contributed by atoms with van der Waals surface area (Å²) in [7, 11) is 0. The van der Waals surface area contributed by atoms with Crippen molar-refractivity contribution in [3.63, 3.8) is 0 Å². The van der Waals surface area contributed by atoms with Crippen LogP contribution in [0.1, 0.15) is 10.4 Å². The maximum Gasteiger partial charge on any atom is 0.253 e. The summed E-state index contributed by atoms with van der Waals surface area (Å²) in [6.45, 7) is 0.816. The normalized spacial score (nSPS) is 10.2. The maximum atomic E-state index is 11.6. The molecule has 0 heterocycles. The van der Waals surface area contributed by atoms with Gasteiger partial charge in [-0.3, -0.25) is 4.79 Å². The van der Waals surface area contributed by atoms with Gasteiger partial charge in [0.1, 0.15) is 5.75 Å². The fraction of sp³-hybridized carbons (Fsp3) is 0.364. The number of carbonyl (C=O) groups is 1. The summed E-state index contributed by atoms with van der Waals surface area (Å²) in [4.78, 5) is 11.6. The van der Waals surface area contributed by atoms with E-state index in [0.29, 0.717) is 18.8 Å². The molecule has 0 unspecified atom stereocenters. The number of nitrogens with two attached hydrogens (primary N) is 1. The lowest BCUT2D eigenvalue weighted by molar-refractivity contribution is 0.0838. The summed E-state index contributed by atoms with van der Waals surface area (Å²) in [6, 6.07) is 4.18. The van der Waals surface area contributed by atoms with Crippen LogP contribution in [-0.4, -0.2) is 42.5 Å². The molecule has 94 valence electrons. The fourth-order valence-electron chi connectivity index (χ4n) is 1.24. The van der Waals surface area contributed by atoms with Gasteiger partial charge in [0.25, 0.3) is 5.91 Å². The van der Waals surface area contributed by atoms with Gasteiger partial charge in [0.15, 0.2) is 0 Å². The van der Waals surface area contributed by atoms with Crippen LogP contribution in [0.3, 0.4) is 0 Å². The number of amides is 1. The first-order chi connectivity index (χ1) is 8.15. The summed E-state index contributed by atoms with van der Waals surface area (Å²) in [5.74, 6) is -0.383. The molecule has 5 N–H and O–H groups in total. The van der Waals surface area contributed by atoms with Gasteiger partial charge < -0.3 is 26.0 Å². The minimum Gasteiger partial charge on any atom is -0.508 e. The number of hydrogen-bond donors (Lipinski definition) is 4. The van der Waals surface area contributed by atoms with Gasteiger partial charge in [0.2, 0.25) is 0 Å². The van der Waals surface area contributed by atoms with E-state index in [0.717, 1.165) is 0 Å². The van der Waals surface area contributed by atoms with Crippen LogP contribution in [0.2, 0.25) is 0 Å². The van der Waals surface area contributed by atoms with E-state index >= 15 is 0 Å². The fourth-order valence-corrected chi connectivity index (χ4v) is 1.24. The summed E-state index contributed by atoms with van der Waals surface area (Å²) in [5.41, 5.74) is 6.14. The molecule has 17 heavy (non-hydrogen) atoms. The maximum absolute atomic E-state index is 11.6. The van der Waals surface area contributed by atoms with Crippen molar-refractivity contribution < 1.29 is 19.7 Å². The van der Waals surface area contributed by atoms with E-state index in [4.69, 9.17) is 15.6 Å². The van der Waals surface area contributed by atoms with Crippen LogP contribution in [0, 0.1) is 0 Å². The van der Waals surface area contributed by atoms with Crippen LogP contribution >= 0.6 is 0 Å². The van der Waals surface area contributed by atoms with E-state index in [1.165, 1.54) is 18.2 Å². The summed E-state index contributed by atoms with van der Waals surface area (Å²) < 4.78 is 4.98. The van der Waals surface area contributed by atoms with Crippen molar-refractivity contribution in [3.05, 3.63) is 23.8 Å². The Hall–Kier alpha value is -1.79. The van der Waals surface area contributed by atoms with Crippen LogP contribution in [0.15, 0.2) is 18.2 Å². The van der Waals surface area contributed by atoms with Crippen LogP contribution in [-0.2, 0) is 4.74 Å². The zero-order valence-electron chi connectivity index (χ0n) is 9.35. The second-order valence-electron chi connectivity index (χ2n) is 3.36. The minimum absolute atomic E-state index is 0.0131. The molecule has 1 rings (SSSR count). The highest BCUT2D eigenvalue weighted by molar-refractivity contribution is 5.99. The van der Waals surface area contributed by atoms with Gasteiger partial charge >= 0.3 is 0 Å². The molecule has 1 aromatic carbocycles. The molecule has 0 saturated heterocycles. The van der Waals surface area contributed by atoms with Gasteiger partial charge in [-0.2, -0.15) is 0 Å². The molecule has 0 aliphatic carbocycles. The lowest BCUT2D eigenvalue weighted by Crippen LogP contribution is -2.28. The monoisotopic (exact) mass is 240 g/mol. The third-order valence-corrected chi connectivity index (χ3v) is 2.05. The SMILES string of the molecule is Nc1ccc(O)cc1C(=O)NCCOCCO. The molecule has 6 heteroatoms. The van der Waals surface area contributed by atoms with Gasteiger partial charge in [-0.25, -0.2) is 0 Å². The number of nitrogens with one attached hydrogen (secondary N) is 1. The number of rotatable bonds is 6. The molecule has 0 spiro atoms. The van der Waals surface area contributed by atoms with Crippen molar-refractivity contribution in [1.29, 1.82) is 0 Å². The quantitative estimate of drug-likeness (QED) is 0.311. The standard InChI is InChI=1S/C11H16N2O4/c12-10-2-1-8(15)7-9(10)11(16)13-3-5-17-6-4-14/h1-2,7,14-15H,3-6,12H2,(H,13,16). The minimum atomic E-state index is -0.369. The third-order valence-electron chi connectivity index (χ3n) is 2.05. The number of anilines is 1. The summed E-state index contributed by atoms with van der Waals surface area (Å²) in [5, 5.41) is 20.3. The number of aliphatic hydroxyl groups excluding tert-OH is 1. The number of benzene rings is 1. The molecule has 0 saturated carbocycles. The van der Waals surface area contributed by atoms with Crippen molar-refractivity contribution in [2.75, 3.05) is 32.1 Å². The predicted molar refractivity (Wildman–Crippen MR) is 62.8 cm³/mol. The second kappa shape index (κ2) is 6.72. The Bertz CT molecular complexity index is 382. The molecule has 0 atom stereocenters. The lowest BCUT2D eigenvalue weighted by atomic mass is 10.1. The van der Waals surface area contributed by atoms with E-state index in [-0.39, 0.29) is 30.4 Å². The van der Waals surface area contributed by atoms with Crippen LogP contribution in [0.5, 0.6) is 5.75 Å². The average Bonchev–Trinajstić information content (AvgIpc) is 2.32. The lowest BCUT2D eigenvalue weighted by Gasteiger charge is -2.08. The van der Waals surface area contributed by atoms with Crippen molar-refractivity contribution in [2.45, 2.75) is 0 Å². The predicted octanol–water partition coefficient (Wildman–Crippen LogP) is -0.287. The van der Waals surface area contributed by atoms with Gasteiger partial charge in [0.05, 0.1) is 25.4 Å². The van der Waals surface area contributed by atoms with Crippen LogP contribution < -0.4 is 11.1 Å². The smallest absolute Gasteiger partial charge is 0.253 e. The van der Waals surface area contributed by atoms with Crippen LogP contribution in [0.4, 0.5) is 5.69 Å². The Morgan fingerprint density at radius 1 is 1.41 bits per heavy atom. The number of aromatic hydroxyl groups is 1. The molecule has 1 aromatic rings. The molecular formula is C11H16N2O4. The zero-order chi connectivity index (χ0) is 12.7. The number of ether oxygens (including phenoxy) is 1. The first-order valence-corrected chi connectivity index (χ1v) is 5.20. The van der Waals surface area contributed by atoms with Crippen molar-refractivity contribution >= 4 is 11.6 Å². The highest BCUT2D eigenvalue weighted by Crippen LogP contribution is 2.17. The Balaban J connectivity index is 2.44. The number of phenols is 1. The van der Waals surface area contributed by atoms with Gasteiger partial charge in [0, 0.05) is 12.2 Å². The van der Waals surface area contributed by atoms with E-state index in [1.54, 1.807) is 0 Å². The summed E-state index contributed by atoms with van der Waals surface area (Å²) in [6.07, 6.45) is 0. The van der Waals surface area contributed by atoms with E-state index in [2.05, 4.69) is 5.32 Å². The van der Waals surface area contributed by atoms with Crippen molar-refractivity contribution in [2.24, 2.45) is 0 Å². The Morgan fingerprint density at radius 3 is 2.88 bits per heavy atom. The topological polar surface area (TPSA) is 105 Å². The van der Waals surface area contributed by atoms with Crippen LogP contribution in [0.25, 0.3) is 0 Å². The molecule has 0 aliphatic heterocycles. The molecule has 0 aliphatic rings. The molecule has 0 radical (unpaired) electrons. The first kappa shape index (κ1) is 13.3. The van der Waals surface area contributed by atoms with E-state index in [9.17, 15) is 9.90 Å². The number of hydrogen-bond acceptors (Lipinski definition) is 5. The van der Waals surface area contributed by atoms with Crippen molar-refractivity contribution in [1.82, 2.24) is 5.32 Å². The Kier molecular flexibility index (Phi) is 5.25. The molecule has 0 aromatic heterocycles. The first-order valence-electron chi connectivity index (χ1n) is 5.20. The largest absolute Gasteiger partial charge is 0.508 e. The molecule has 0 fully saturated rings. The molecule has 6 nitrogen and oxygen atoms in total. The van der Waals surface area contributed by atoms with Gasteiger partial charge in [-0.1, -0.05) is 0 Å².